The number of amidine groups is 1. The molecule has 0 aliphatic rings. The van der Waals surface area contributed by atoms with Gasteiger partial charge in [0.15, 0.2) is 11.0 Å². The van der Waals surface area contributed by atoms with Crippen LogP contribution in [0.3, 0.4) is 0 Å². The molecule has 0 aliphatic heterocycles. The van der Waals surface area contributed by atoms with Crippen LogP contribution >= 0.6 is 11.8 Å². The van der Waals surface area contributed by atoms with Crippen molar-refractivity contribution < 1.29 is 0 Å². The maximum absolute atomic E-state index is 7.88. The molecule has 0 spiro atoms. The summed E-state index contributed by atoms with van der Waals surface area (Å²) in [7, 11) is 0. The lowest BCUT2D eigenvalue weighted by Crippen LogP contribution is -2.12. The highest BCUT2D eigenvalue weighted by molar-refractivity contribution is 8.26. The summed E-state index contributed by atoms with van der Waals surface area (Å²) in [6.45, 7) is 3.88. The van der Waals surface area contributed by atoms with Crippen molar-refractivity contribution in [3.8, 4) is 0 Å². The van der Waals surface area contributed by atoms with Gasteiger partial charge in [0, 0.05) is 12.1 Å². The second-order valence-corrected chi connectivity index (χ2v) is 6.79. The molecule has 3 heterocycles. The van der Waals surface area contributed by atoms with Crippen molar-refractivity contribution in [2.24, 2.45) is 16.6 Å². The Morgan fingerprint density at radius 1 is 1.19 bits per heavy atom. The lowest BCUT2D eigenvalue weighted by Gasteiger charge is -2.09. The van der Waals surface area contributed by atoms with Gasteiger partial charge in [-0.05, 0) is 36.0 Å². The third kappa shape index (κ3) is 4.31. The monoisotopic (exact) mass is 366 g/mol. The number of aliphatic imine (C=N–C) groups is 1. The van der Waals surface area contributed by atoms with E-state index in [0.29, 0.717) is 16.4 Å². The van der Waals surface area contributed by atoms with Gasteiger partial charge in [0.2, 0.25) is 0 Å². The summed E-state index contributed by atoms with van der Waals surface area (Å²) in [5.74, 6) is 0.565. The molecule has 0 amide bonds. The molecule has 0 aliphatic carbocycles. The van der Waals surface area contributed by atoms with Crippen LogP contribution in [0.2, 0.25) is 0 Å². The number of pyridine rings is 2. The second-order valence-electron chi connectivity index (χ2n) is 5.72. The van der Waals surface area contributed by atoms with Gasteiger partial charge < -0.3 is 11.1 Å². The Hall–Kier alpha value is -3.07. The van der Waals surface area contributed by atoms with Crippen LogP contribution < -0.4 is 11.1 Å². The van der Waals surface area contributed by atoms with Crippen molar-refractivity contribution in [3.63, 3.8) is 0 Å². The highest BCUT2D eigenvalue weighted by atomic mass is 32.2. The Morgan fingerprint density at radius 2 is 2.04 bits per heavy atom. The summed E-state index contributed by atoms with van der Waals surface area (Å²) in [6, 6.07) is 7.23. The van der Waals surface area contributed by atoms with Crippen molar-refractivity contribution in [3.05, 3.63) is 42.9 Å². The van der Waals surface area contributed by atoms with Gasteiger partial charge >= 0.3 is 0 Å². The average Bonchev–Trinajstić information content (AvgIpc) is 2.63. The van der Waals surface area contributed by atoms with E-state index < -0.39 is 0 Å². The average molecular weight is 366 g/mol. The van der Waals surface area contributed by atoms with Gasteiger partial charge in [-0.25, -0.2) is 9.98 Å². The van der Waals surface area contributed by atoms with Gasteiger partial charge in [-0.15, -0.1) is 0 Å². The smallest absolute Gasteiger partial charge is 0.166 e. The highest BCUT2D eigenvalue weighted by Crippen LogP contribution is 2.25. The third-order valence-corrected chi connectivity index (χ3v) is 4.39. The Labute approximate surface area is 154 Å². The molecular formula is C17H18N8S. The molecule has 3 aromatic rings. The van der Waals surface area contributed by atoms with Crippen LogP contribution in [0, 0.1) is 11.3 Å². The number of aromatic nitrogens is 4. The predicted octanol–water partition coefficient (Wildman–Crippen LogP) is 3.48. The van der Waals surface area contributed by atoms with Crippen LogP contribution in [0.4, 0.5) is 17.2 Å². The van der Waals surface area contributed by atoms with E-state index in [4.69, 9.17) is 11.1 Å². The number of anilines is 2. The summed E-state index contributed by atoms with van der Waals surface area (Å²) in [5, 5.41) is 19.5. The maximum atomic E-state index is 7.88. The van der Waals surface area contributed by atoms with Crippen LogP contribution in [-0.2, 0) is 0 Å². The second kappa shape index (κ2) is 7.87. The van der Waals surface area contributed by atoms with Gasteiger partial charge in [-0.2, -0.15) is 10.2 Å². The zero-order valence-corrected chi connectivity index (χ0v) is 15.2. The lowest BCUT2D eigenvalue weighted by molar-refractivity contribution is 0.895. The van der Waals surface area contributed by atoms with Crippen LogP contribution in [0.1, 0.15) is 13.8 Å². The number of fused-ring (bicyclic) bond motifs is 1. The summed E-state index contributed by atoms with van der Waals surface area (Å²) in [6.07, 6.45) is 4.94. The topological polar surface area (TPSA) is 126 Å². The molecule has 0 saturated carbocycles. The van der Waals surface area contributed by atoms with E-state index in [0.717, 1.165) is 28.7 Å². The minimum atomic E-state index is 0.104. The number of nitrogens with two attached hydrogens (primary N) is 1. The molecule has 0 fully saturated rings. The third-order valence-electron chi connectivity index (χ3n) is 3.40. The largest absolute Gasteiger partial charge is 0.378 e. The van der Waals surface area contributed by atoms with Crippen LogP contribution in [0.5, 0.6) is 0 Å². The molecule has 8 nitrogen and oxygen atoms in total. The van der Waals surface area contributed by atoms with Gasteiger partial charge in [-0.1, -0.05) is 13.8 Å². The van der Waals surface area contributed by atoms with Crippen molar-refractivity contribution in [2.45, 2.75) is 13.8 Å². The fourth-order valence-electron chi connectivity index (χ4n) is 2.06. The van der Waals surface area contributed by atoms with E-state index in [1.54, 1.807) is 24.7 Å². The first-order chi connectivity index (χ1) is 12.5. The zero-order valence-electron chi connectivity index (χ0n) is 14.3. The molecule has 0 aromatic carbocycles. The van der Waals surface area contributed by atoms with E-state index in [-0.39, 0.29) is 11.1 Å². The number of rotatable bonds is 4. The first-order valence-electron chi connectivity index (χ1n) is 7.93. The van der Waals surface area contributed by atoms with E-state index in [1.165, 1.54) is 0 Å². The minimum Gasteiger partial charge on any atom is -0.378 e. The summed E-state index contributed by atoms with van der Waals surface area (Å²) in [5.41, 5.74) is 8.91. The maximum Gasteiger partial charge on any atom is 0.166 e. The van der Waals surface area contributed by atoms with Crippen molar-refractivity contribution in [1.29, 1.82) is 5.41 Å². The summed E-state index contributed by atoms with van der Waals surface area (Å²) < 4.78 is 0. The molecule has 0 radical (unpaired) electrons. The Morgan fingerprint density at radius 3 is 2.77 bits per heavy atom. The van der Waals surface area contributed by atoms with Crippen molar-refractivity contribution >= 4 is 50.2 Å². The fourth-order valence-corrected chi connectivity index (χ4v) is 2.66. The van der Waals surface area contributed by atoms with E-state index in [9.17, 15) is 0 Å². The molecule has 0 bridgehead atoms. The summed E-state index contributed by atoms with van der Waals surface area (Å²) in [4.78, 5) is 13.2. The van der Waals surface area contributed by atoms with Crippen LogP contribution in [-0.4, -0.2) is 30.4 Å². The molecule has 0 unspecified atom stereocenters. The van der Waals surface area contributed by atoms with E-state index >= 15 is 0 Å². The molecule has 26 heavy (non-hydrogen) atoms. The molecule has 9 heteroatoms. The van der Waals surface area contributed by atoms with Gasteiger partial charge in [0.1, 0.15) is 5.52 Å². The minimum absolute atomic E-state index is 0.104. The predicted molar refractivity (Wildman–Crippen MR) is 106 cm³/mol. The molecule has 3 aromatic heterocycles. The van der Waals surface area contributed by atoms with E-state index in [1.807, 2.05) is 32.0 Å². The fraction of sp³-hybridized carbons (Fsp3) is 0.176. The number of hydrogen-bond acceptors (Lipinski definition) is 8. The first kappa shape index (κ1) is 17.7. The van der Waals surface area contributed by atoms with Gasteiger partial charge in [0.05, 0.1) is 34.3 Å². The lowest BCUT2D eigenvalue weighted by atomic mass is 10.2. The van der Waals surface area contributed by atoms with Gasteiger partial charge in [0.25, 0.3) is 0 Å². The molecule has 0 atom stereocenters. The molecule has 0 saturated heterocycles. The highest BCUT2D eigenvalue weighted by Gasteiger charge is 2.09. The number of nitrogens with one attached hydrogen (secondary N) is 2. The quantitative estimate of drug-likeness (QED) is 0.476. The standard InChI is InChI=1S/C17H18N8S/c1-10(2)16(18)26-17(19)25-14-4-3-12-15(24-14)13(6-7-20-12)23-11-5-8-21-22-9-11/h3-10,18H,1-2H3,(H2,19,24,25)(H,20,21,23). The number of hydrogen-bond donors (Lipinski definition) is 3. The number of nitrogens with zero attached hydrogens (tertiary/aromatic N) is 5. The zero-order chi connectivity index (χ0) is 18.5. The molecular weight excluding hydrogens is 348 g/mol. The first-order valence-corrected chi connectivity index (χ1v) is 8.74. The Kier molecular flexibility index (Phi) is 5.37. The van der Waals surface area contributed by atoms with Crippen LogP contribution in [0.25, 0.3) is 11.0 Å². The van der Waals surface area contributed by atoms with E-state index in [2.05, 4.69) is 30.5 Å². The molecule has 4 N–H and O–H groups in total. The Bertz CT molecular complexity index is 955. The number of thioether (sulfide) groups is 1. The van der Waals surface area contributed by atoms with Crippen LogP contribution in [0.15, 0.2) is 47.8 Å². The summed E-state index contributed by atoms with van der Waals surface area (Å²) >= 11 is 1.14. The van der Waals surface area contributed by atoms with Gasteiger partial charge in [-0.3, -0.25) is 10.4 Å². The molecule has 3 rings (SSSR count). The van der Waals surface area contributed by atoms with Crippen molar-refractivity contribution in [1.82, 2.24) is 20.2 Å². The molecule has 132 valence electrons. The SMILES string of the molecule is CC(C)C(=N)SC(N)=Nc1ccc2nccc(Nc3ccnnc3)c2n1. The normalized spacial score (nSPS) is 11.7. The Balaban J connectivity index is 1.92. The van der Waals surface area contributed by atoms with Crippen molar-refractivity contribution in [2.75, 3.05) is 5.32 Å².